The zero-order valence-electron chi connectivity index (χ0n) is 14.1. The highest BCUT2D eigenvalue weighted by Crippen LogP contribution is 2.18. The minimum Gasteiger partial charge on any atom is -0.352 e. The lowest BCUT2D eigenvalue weighted by Gasteiger charge is -2.05. The van der Waals surface area contributed by atoms with Gasteiger partial charge in [-0.3, -0.25) is 9.59 Å². The molecule has 0 aliphatic rings. The topological polar surface area (TPSA) is 84.0 Å². The van der Waals surface area contributed by atoms with Crippen LogP contribution in [0.4, 0.5) is 5.13 Å². The van der Waals surface area contributed by atoms with Crippen LogP contribution >= 0.6 is 11.3 Å². The summed E-state index contributed by atoms with van der Waals surface area (Å²) in [6, 6.07) is 7.33. The van der Waals surface area contributed by atoms with Crippen molar-refractivity contribution < 1.29 is 9.59 Å². The molecule has 1 aromatic heterocycles. The second kappa shape index (κ2) is 8.54. The van der Waals surface area contributed by atoms with Crippen LogP contribution in [-0.4, -0.2) is 28.6 Å². The summed E-state index contributed by atoms with van der Waals surface area (Å²) in [6.07, 6.45) is 1.04. The number of nitrogens with one attached hydrogen (secondary N) is 2. The Kier molecular flexibility index (Phi) is 6.43. The Morgan fingerprint density at radius 2 is 2.04 bits per heavy atom. The van der Waals surface area contributed by atoms with Gasteiger partial charge in [-0.15, -0.1) is 10.2 Å². The molecule has 2 rings (SSSR count). The number of nitrogens with zero attached hydrogens (tertiary/aromatic N) is 2. The Labute approximate surface area is 145 Å². The number of amides is 2. The third-order valence-corrected chi connectivity index (χ3v) is 4.07. The average Bonchev–Trinajstić information content (AvgIpc) is 2.93. The lowest BCUT2D eigenvalue weighted by molar-refractivity contribution is -0.116. The highest BCUT2D eigenvalue weighted by Gasteiger charge is 2.10. The first kappa shape index (κ1) is 18.1. The molecule has 1 heterocycles. The quantitative estimate of drug-likeness (QED) is 0.807. The normalized spacial score (nSPS) is 10.7. The second-order valence-corrected chi connectivity index (χ2v) is 7.08. The highest BCUT2D eigenvalue weighted by atomic mass is 32.1. The van der Waals surface area contributed by atoms with E-state index in [1.54, 1.807) is 6.07 Å². The van der Waals surface area contributed by atoms with E-state index in [-0.39, 0.29) is 24.8 Å². The molecule has 2 amide bonds. The summed E-state index contributed by atoms with van der Waals surface area (Å²) in [5.74, 6) is 0.131. The van der Waals surface area contributed by atoms with E-state index in [2.05, 4.69) is 34.7 Å². The number of aryl methyl sites for hydroxylation is 1. The lowest BCUT2D eigenvalue weighted by Crippen LogP contribution is -2.27. The van der Waals surface area contributed by atoms with Crippen molar-refractivity contribution in [3.8, 4) is 0 Å². The number of benzene rings is 1. The van der Waals surface area contributed by atoms with Crippen LogP contribution in [0.25, 0.3) is 0 Å². The highest BCUT2D eigenvalue weighted by molar-refractivity contribution is 7.15. The van der Waals surface area contributed by atoms with E-state index in [0.29, 0.717) is 16.6 Å². The number of hydrogen-bond donors (Lipinski definition) is 2. The molecule has 0 aliphatic carbocycles. The van der Waals surface area contributed by atoms with Gasteiger partial charge in [-0.1, -0.05) is 42.9 Å². The largest absolute Gasteiger partial charge is 0.352 e. The Morgan fingerprint density at radius 1 is 1.25 bits per heavy atom. The standard InChI is InChI=1S/C17H22N4O2S/c1-11(2)9-15-20-21-17(24-15)19-14(22)7-8-18-16(23)13-6-4-5-12(3)10-13/h4-6,10-11H,7-9H2,1-3H3,(H,18,23)(H,19,21,22). The summed E-state index contributed by atoms with van der Waals surface area (Å²) in [7, 11) is 0. The molecule has 2 N–H and O–H groups in total. The molecule has 0 saturated carbocycles. The number of rotatable bonds is 7. The van der Waals surface area contributed by atoms with Crippen molar-refractivity contribution in [1.82, 2.24) is 15.5 Å². The smallest absolute Gasteiger partial charge is 0.251 e. The van der Waals surface area contributed by atoms with E-state index in [1.165, 1.54) is 11.3 Å². The van der Waals surface area contributed by atoms with E-state index in [4.69, 9.17) is 0 Å². The molecule has 1 aromatic carbocycles. The summed E-state index contributed by atoms with van der Waals surface area (Å²) >= 11 is 1.39. The third-order valence-electron chi connectivity index (χ3n) is 3.21. The fourth-order valence-electron chi connectivity index (χ4n) is 2.10. The predicted octanol–water partition coefficient (Wildman–Crippen LogP) is 2.80. The van der Waals surface area contributed by atoms with Crippen molar-refractivity contribution in [3.63, 3.8) is 0 Å². The Morgan fingerprint density at radius 3 is 2.75 bits per heavy atom. The van der Waals surface area contributed by atoms with Gasteiger partial charge in [-0.2, -0.15) is 0 Å². The van der Waals surface area contributed by atoms with E-state index in [0.717, 1.165) is 17.0 Å². The van der Waals surface area contributed by atoms with Gasteiger partial charge in [0.25, 0.3) is 5.91 Å². The van der Waals surface area contributed by atoms with Gasteiger partial charge < -0.3 is 10.6 Å². The SMILES string of the molecule is Cc1cccc(C(=O)NCCC(=O)Nc2nnc(CC(C)C)s2)c1. The van der Waals surface area contributed by atoms with Crippen LogP contribution in [0.2, 0.25) is 0 Å². The van der Waals surface area contributed by atoms with Gasteiger partial charge in [0.2, 0.25) is 11.0 Å². The Bertz CT molecular complexity index is 712. The molecule has 0 atom stereocenters. The Hall–Kier alpha value is -2.28. The summed E-state index contributed by atoms with van der Waals surface area (Å²) in [6.45, 7) is 6.42. The molecule has 0 spiro atoms. The molecule has 7 heteroatoms. The van der Waals surface area contributed by atoms with Crippen LogP contribution in [0.15, 0.2) is 24.3 Å². The zero-order valence-corrected chi connectivity index (χ0v) is 14.9. The monoisotopic (exact) mass is 346 g/mol. The number of hydrogen-bond acceptors (Lipinski definition) is 5. The van der Waals surface area contributed by atoms with Crippen molar-refractivity contribution in [2.75, 3.05) is 11.9 Å². The van der Waals surface area contributed by atoms with Gasteiger partial charge in [0, 0.05) is 24.9 Å². The molecular formula is C17H22N4O2S. The van der Waals surface area contributed by atoms with E-state index in [1.807, 2.05) is 25.1 Å². The van der Waals surface area contributed by atoms with Gasteiger partial charge in [-0.25, -0.2) is 0 Å². The van der Waals surface area contributed by atoms with Crippen LogP contribution in [0.1, 0.15) is 41.2 Å². The molecule has 0 bridgehead atoms. The van der Waals surface area contributed by atoms with Crippen molar-refractivity contribution in [2.45, 2.75) is 33.6 Å². The summed E-state index contributed by atoms with van der Waals surface area (Å²) in [4.78, 5) is 23.9. The van der Waals surface area contributed by atoms with Crippen molar-refractivity contribution in [1.29, 1.82) is 0 Å². The van der Waals surface area contributed by atoms with Crippen LogP contribution < -0.4 is 10.6 Å². The zero-order chi connectivity index (χ0) is 17.5. The average molecular weight is 346 g/mol. The molecule has 2 aromatic rings. The fourth-order valence-corrected chi connectivity index (χ4v) is 3.06. The molecule has 24 heavy (non-hydrogen) atoms. The van der Waals surface area contributed by atoms with Gasteiger partial charge in [0.05, 0.1) is 0 Å². The van der Waals surface area contributed by atoms with Crippen LogP contribution in [0.5, 0.6) is 0 Å². The van der Waals surface area contributed by atoms with E-state index >= 15 is 0 Å². The van der Waals surface area contributed by atoms with Crippen molar-refractivity contribution >= 4 is 28.3 Å². The third kappa shape index (κ3) is 5.73. The molecule has 0 fully saturated rings. The molecule has 128 valence electrons. The summed E-state index contributed by atoms with van der Waals surface area (Å²) < 4.78 is 0. The van der Waals surface area contributed by atoms with Gasteiger partial charge in [0.1, 0.15) is 5.01 Å². The number of aromatic nitrogens is 2. The minimum atomic E-state index is -0.188. The molecule has 0 aliphatic heterocycles. The second-order valence-electron chi connectivity index (χ2n) is 6.02. The fraction of sp³-hybridized carbons (Fsp3) is 0.412. The van der Waals surface area contributed by atoms with Crippen molar-refractivity contribution in [3.05, 3.63) is 40.4 Å². The van der Waals surface area contributed by atoms with E-state index in [9.17, 15) is 9.59 Å². The first-order valence-corrected chi connectivity index (χ1v) is 8.73. The summed E-state index contributed by atoms with van der Waals surface area (Å²) in [5, 5.41) is 14.9. The van der Waals surface area contributed by atoms with Gasteiger partial charge in [0.15, 0.2) is 0 Å². The molecule has 0 unspecified atom stereocenters. The first-order valence-electron chi connectivity index (χ1n) is 7.91. The first-order chi connectivity index (χ1) is 11.4. The van der Waals surface area contributed by atoms with Crippen LogP contribution in [0.3, 0.4) is 0 Å². The Balaban J connectivity index is 1.75. The molecular weight excluding hydrogens is 324 g/mol. The molecule has 0 saturated heterocycles. The van der Waals surface area contributed by atoms with E-state index < -0.39 is 0 Å². The van der Waals surface area contributed by atoms with Crippen molar-refractivity contribution in [2.24, 2.45) is 5.92 Å². The molecule has 6 nitrogen and oxygen atoms in total. The minimum absolute atomic E-state index is 0.179. The number of carbonyl (C=O) groups excluding carboxylic acids is 2. The summed E-state index contributed by atoms with van der Waals surface area (Å²) in [5.41, 5.74) is 1.62. The van der Waals surface area contributed by atoms with Crippen LogP contribution in [0, 0.1) is 12.8 Å². The molecule has 0 radical (unpaired) electrons. The van der Waals surface area contributed by atoms with Gasteiger partial charge >= 0.3 is 0 Å². The lowest BCUT2D eigenvalue weighted by atomic mass is 10.1. The number of carbonyl (C=O) groups is 2. The van der Waals surface area contributed by atoms with Gasteiger partial charge in [-0.05, 0) is 25.0 Å². The maximum absolute atomic E-state index is 12.0. The van der Waals surface area contributed by atoms with Crippen LogP contribution in [-0.2, 0) is 11.2 Å². The maximum Gasteiger partial charge on any atom is 0.251 e. The maximum atomic E-state index is 12.0. The predicted molar refractivity (Wildman–Crippen MR) is 95.2 cm³/mol. The number of anilines is 1.